The minimum atomic E-state index is -4.54. The number of benzene rings is 1. The zero-order chi connectivity index (χ0) is 13.3. The third-order valence-corrected chi connectivity index (χ3v) is 3.46. The van der Waals surface area contributed by atoms with E-state index in [0.29, 0.717) is 11.3 Å². The quantitative estimate of drug-likeness (QED) is 0.782. The highest BCUT2D eigenvalue weighted by Gasteiger charge is 2.35. The highest BCUT2D eigenvalue weighted by molar-refractivity contribution is 7.14. The molecule has 94 valence electrons. The van der Waals surface area contributed by atoms with Crippen LogP contribution in [0.2, 0.25) is 5.02 Å². The fourth-order valence-electron chi connectivity index (χ4n) is 1.29. The van der Waals surface area contributed by atoms with Gasteiger partial charge in [-0.05, 0) is 12.1 Å². The number of rotatable bonds is 2. The summed E-state index contributed by atoms with van der Waals surface area (Å²) in [6.45, 7) is 0. The van der Waals surface area contributed by atoms with E-state index >= 15 is 0 Å². The third-order valence-electron chi connectivity index (χ3n) is 2.09. The van der Waals surface area contributed by atoms with Gasteiger partial charge in [0.05, 0.1) is 9.90 Å². The lowest BCUT2D eigenvalue weighted by atomic mass is 10.1. The lowest BCUT2D eigenvalue weighted by Gasteiger charge is -2.00. The van der Waals surface area contributed by atoms with Gasteiger partial charge in [0.1, 0.15) is 0 Å². The second-order valence-electron chi connectivity index (χ2n) is 3.34. The summed E-state index contributed by atoms with van der Waals surface area (Å²) in [7, 11) is 0. The zero-order valence-electron chi connectivity index (χ0n) is 8.66. The number of alkyl halides is 3. The Labute approximate surface area is 109 Å². The van der Waals surface area contributed by atoms with Crippen molar-refractivity contribution in [1.82, 2.24) is 4.98 Å². The van der Waals surface area contributed by atoms with Crippen LogP contribution in [0.3, 0.4) is 0 Å². The molecular formula is C11H5ClF3NOS. The lowest BCUT2D eigenvalue weighted by molar-refractivity contribution is -0.137. The van der Waals surface area contributed by atoms with E-state index in [2.05, 4.69) is 4.98 Å². The molecule has 2 nitrogen and oxygen atoms in total. The standard InChI is InChI=1S/C11H5ClF3NOS/c12-7-4-2-1-3-6(7)9(17)8-5-16-10(18-8)11(13,14)15/h1-5H. The van der Waals surface area contributed by atoms with Gasteiger partial charge in [0.2, 0.25) is 5.78 Å². The van der Waals surface area contributed by atoms with Gasteiger partial charge >= 0.3 is 6.18 Å². The summed E-state index contributed by atoms with van der Waals surface area (Å²) in [4.78, 5) is 15.0. The number of nitrogens with zero attached hydrogens (tertiary/aromatic N) is 1. The average molecular weight is 292 g/mol. The maximum Gasteiger partial charge on any atom is 0.443 e. The summed E-state index contributed by atoms with van der Waals surface area (Å²) in [5, 5.41) is -0.845. The minimum Gasteiger partial charge on any atom is -0.288 e. The smallest absolute Gasteiger partial charge is 0.288 e. The van der Waals surface area contributed by atoms with E-state index in [-0.39, 0.29) is 15.5 Å². The summed E-state index contributed by atoms with van der Waals surface area (Å²) in [6.07, 6.45) is -3.62. The second kappa shape index (κ2) is 4.70. The second-order valence-corrected chi connectivity index (χ2v) is 4.77. The molecule has 1 aromatic heterocycles. The van der Waals surface area contributed by atoms with Crippen LogP contribution < -0.4 is 0 Å². The molecule has 0 unspecified atom stereocenters. The molecule has 0 spiro atoms. The van der Waals surface area contributed by atoms with Crippen LogP contribution in [0.4, 0.5) is 13.2 Å². The van der Waals surface area contributed by atoms with E-state index in [1.807, 2.05) is 0 Å². The van der Waals surface area contributed by atoms with Gasteiger partial charge in [-0.3, -0.25) is 4.79 Å². The van der Waals surface area contributed by atoms with Crippen molar-refractivity contribution < 1.29 is 18.0 Å². The van der Waals surface area contributed by atoms with Crippen molar-refractivity contribution in [3.63, 3.8) is 0 Å². The molecule has 0 aliphatic rings. The molecule has 1 aromatic carbocycles. The number of hydrogen-bond acceptors (Lipinski definition) is 3. The SMILES string of the molecule is O=C(c1cnc(C(F)(F)F)s1)c1ccccc1Cl. The summed E-state index contributed by atoms with van der Waals surface area (Å²) in [5.74, 6) is -0.561. The molecule has 0 fully saturated rings. The van der Waals surface area contributed by atoms with E-state index in [1.54, 1.807) is 12.1 Å². The molecule has 2 aromatic rings. The average Bonchev–Trinajstić information content (AvgIpc) is 2.77. The third kappa shape index (κ3) is 2.54. The zero-order valence-corrected chi connectivity index (χ0v) is 10.2. The molecule has 7 heteroatoms. The minimum absolute atomic E-state index is 0.0876. The summed E-state index contributed by atoms with van der Waals surface area (Å²) in [5.41, 5.74) is 0.163. The summed E-state index contributed by atoms with van der Waals surface area (Å²) in [6, 6.07) is 6.18. The number of hydrogen-bond donors (Lipinski definition) is 0. The van der Waals surface area contributed by atoms with Gasteiger partial charge in [-0.25, -0.2) is 4.98 Å². The van der Waals surface area contributed by atoms with Gasteiger partial charge in [-0.2, -0.15) is 13.2 Å². The molecule has 0 atom stereocenters. The first-order valence-corrected chi connectivity index (χ1v) is 5.91. The van der Waals surface area contributed by atoms with Crippen molar-refractivity contribution in [3.05, 3.63) is 50.9 Å². The Morgan fingerprint density at radius 2 is 1.94 bits per heavy atom. The van der Waals surface area contributed by atoms with Crippen LogP contribution in [0, 0.1) is 0 Å². The van der Waals surface area contributed by atoms with Gasteiger partial charge in [-0.1, -0.05) is 23.7 Å². The fourth-order valence-corrected chi connectivity index (χ4v) is 2.25. The lowest BCUT2D eigenvalue weighted by Crippen LogP contribution is -2.03. The summed E-state index contributed by atoms with van der Waals surface area (Å²) < 4.78 is 37.1. The highest BCUT2D eigenvalue weighted by atomic mass is 35.5. The maximum atomic E-state index is 12.4. The van der Waals surface area contributed by atoms with Gasteiger partial charge in [0.15, 0.2) is 5.01 Å². The monoisotopic (exact) mass is 291 g/mol. The molecule has 0 saturated heterocycles. The van der Waals surface area contributed by atoms with Crippen LogP contribution in [0.5, 0.6) is 0 Å². The van der Waals surface area contributed by atoms with E-state index in [1.165, 1.54) is 12.1 Å². The van der Waals surface area contributed by atoms with E-state index in [4.69, 9.17) is 11.6 Å². The Bertz CT molecular complexity index is 594. The molecule has 0 saturated carbocycles. The van der Waals surface area contributed by atoms with Crippen molar-refractivity contribution in [2.45, 2.75) is 6.18 Å². The first-order chi connectivity index (χ1) is 8.39. The normalized spacial score (nSPS) is 11.6. The molecule has 0 N–H and O–H groups in total. The Morgan fingerprint density at radius 3 is 2.50 bits per heavy atom. The van der Waals surface area contributed by atoms with Crippen LogP contribution >= 0.6 is 22.9 Å². The molecule has 2 rings (SSSR count). The van der Waals surface area contributed by atoms with Crippen LogP contribution in [-0.4, -0.2) is 10.8 Å². The van der Waals surface area contributed by atoms with E-state index in [9.17, 15) is 18.0 Å². The molecule has 1 heterocycles. The van der Waals surface area contributed by atoms with Crippen molar-refractivity contribution in [1.29, 1.82) is 0 Å². The molecule has 0 amide bonds. The Morgan fingerprint density at radius 1 is 1.28 bits per heavy atom. The highest BCUT2D eigenvalue weighted by Crippen LogP contribution is 2.33. The topological polar surface area (TPSA) is 30.0 Å². The van der Waals surface area contributed by atoms with Gasteiger partial charge in [0.25, 0.3) is 0 Å². The first-order valence-electron chi connectivity index (χ1n) is 4.72. The van der Waals surface area contributed by atoms with E-state index in [0.717, 1.165) is 6.20 Å². The van der Waals surface area contributed by atoms with E-state index < -0.39 is 17.0 Å². The number of carbonyl (C=O) groups is 1. The molecule has 18 heavy (non-hydrogen) atoms. The van der Waals surface area contributed by atoms with Gasteiger partial charge < -0.3 is 0 Å². The van der Waals surface area contributed by atoms with Crippen LogP contribution in [0.1, 0.15) is 20.2 Å². The number of ketones is 1. The number of aromatic nitrogens is 1. The Kier molecular flexibility index (Phi) is 3.41. The van der Waals surface area contributed by atoms with Crippen molar-refractivity contribution in [2.75, 3.05) is 0 Å². The van der Waals surface area contributed by atoms with Crippen LogP contribution in [0.15, 0.2) is 30.5 Å². The molecule has 0 bridgehead atoms. The molecule has 0 radical (unpaired) electrons. The molecular weight excluding hydrogens is 287 g/mol. The Balaban J connectivity index is 2.36. The van der Waals surface area contributed by atoms with Crippen molar-refractivity contribution in [3.8, 4) is 0 Å². The summed E-state index contributed by atoms with van der Waals surface area (Å²) >= 11 is 6.11. The predicted molar refractivity (Wildman–Crippen MR) is 62.0 cm³/mol. The predicted octanol–water partition coefficient (Wildman–Crippen LogP) is 4.05. The number of thiazole rings is 1. The molecule has 0 aliphatic carbocycles. The van der Waals surface area contributed by atoms with Crippen molar-refractivity contribution in [2.24, 2.45) is 0 Å². The van der Waals surface area contributed by atoms with Gasteiger partial charge in [0, 0.05) is 11.8 Å². The fraction of sp³-hybridized carbons (Fsp3) is 0.0909. The van der Waals surface area contributed by atoms with Crippen molar-refractivity contribution >= 4 is 28.7 Å². The number of carbonyl (C=O) groups excluding carboxylic acids is 1. The largest absolute Gasteiger partial charge is 0.443 e. The molecule has 0 aliphatic heterocycles. The van der Waals surface area contributed by atoms with Crippen LogP contribution in [-0.2, 0) is 6.18 Å². The number of halogens is 4. The maximum absolute atomic E-state index is 12.4. The van der Waals surface area contributed by atoms with Crippen LogP contribution in [0.25, 0.3) is 0 Å². The first kappa shape index (κ1) is 13.0. The Hall–Kier alpha value is -1.40. The van der Waals surface area contributed by atoms with Gasteiger partial charge in [-0.15, -0.1) is 11.3 Å².